The molecule has 0 aliphatic heterocycles. The van der Waals surface area contributed by atoms with Crippen molar-refractivity contribution in [3.63, 3.8) is 0 Å². The molecule has 0 bridgehead atoms. The summed E-state index contributed by atoms with van der Waals surface area (Å²) >= 11 is 1.53. The third kappa shape index (κ3) is 3.65. The van der Waals surface area contributed by atoms with Gasteiger partial charge in [0.05, 0.1) is 0 Å². The lowest BCUT2D eigenvalue weighted by Gasteiger charge is -2.14. The first-order valence-corrected chi connectivity index (χ1v) is 8.06. The molecule has 1 amide bonds. The van der Waals surface area contributed by atoms with Crippen LogP contribution in [0.3, 0.4) is 0 Å². The van der Waals surface area contributed by atoms with E-state index in [9.17, 15) is 4.79 Å². The summed E-state index contributed by atoms with van der Waals surface area (Å²) in [5.74, 6) is -0.105. The first kappa shape index (κ1) is 16.5. The number of aryl methyl sites for hydroxylation is 1. The van der Waals surface area contributed by atoms with Gasteiger partial charge in [0.25, 0.3) is 5.91 Å². The van der Waals surface area contributed by atoms with Gasteiger partial charge >= 0.3 is 0 Å². The lowest BCUT2D eigenvalue weighted by atomic mass is 9.96. The zero-order chi connectivity index (χ0) is 16.5. The monoisotopic (exact) mass is 317 g/mol. The predicted molar refractivity (Wildman–Crippen MR) is 92.7 cm³/mol. The first-order chi connectivity index (χ1) is 10.2. The summed E-state index contributed by atoms with van der Waals surface area (Å²) in [5, 5.41) is 0. The number of nitrogens with zero attached hydrogens (tertiary/aromatic N) is 3. The maximum atomic E-state index is 12.2. The summed E-state index contributed by atoms with van der Waals surface area (Å²) < 4.78 is 1.98. The Labute approximate surface area is 135 Å². The highest BCUT2D eigenvalue weighted by Crippen LogP contribution is 2.18. The minimum absolute atomic E-state index is 0.105. The third-order valence-electron chi connectivity index (χ3n) is 3.23. The van der Waals surface area contributed by atoms with E-state index >= 15 is 0 Å². The molecule has 2 rings (SSSR count). The number of rotatable bonds is 2. The average molecular weight is 317 g/mol. The average Bonchev–Trinajstić information content (AvgIpc) is 2.78. The van der Waals surface area contributed by atoms with Gasteiger partial charge in [0.2, 0.25) is 0 Å². The summed E-state index contributed by atoms with van der Waals surface area (Å²) in [5.41, 5.74) is 1.65. The molecule has 0 atom stereocenters. The van der Waals surface area contributed by atoms with E-state index in [2.05, 4.69) is 22.0 Å². The smallest absolute Gasteiger partial charge is 0.253 e. The van der Waals surface area contributed by atoms with E-state index in [0.29, 0.717) is 4.80 Å². The normalized spacial score (nSPS) is 12.5. The van der Waals surface area contributed by atoms with Gasteiger partial charge in [0.15, 0.2) is 4.80 Å². The van der Waals surface area contributed by atoms with E-state index in [1.807, 2.05) is 64.7 Å². The van der Waals surface area contributed by atoms with E-state index in [0.717, 1.165) is 16.3 Å². The second-order valence-corrected chi connectivity index (χ2v) is 7.79. The molecule has 0 spiro atoms. The molecule has 1 heterocycles. The minimum atomic E-state index is -0.471. The molecule has 1 aromatic heterocycles. The molecule has 1 aromatic carbocycles. The highest BCUT2D eigenvalue weighted by atomic mass is 32.1. The van der Waals surface area contributed by atoms with Crippen LogP contribution in [-0.2, 0) is 4.79 Å². The van der Waals surface area contributed by atoms with Crippen LogP contribution in [0.4, 0.5) is 5.69 Å². The number of benzene rings is 1. The molecule has 118 valence electrons. The van der Waals surface area contributed by atoms with E-state index in [-0.39, 0.29) is 5.91 Å². The van der Waals surface area contributed by atoms with Crippen molar-refractivity contribution in [1.82, 2.24) is 4.57 Å². The van der Waals surface area contributed by atoms with E-state index in [1.165, 1.54) is 11.3 Å². The van der Waals surface area contributed by atoms with Crippen LogP contribution in [0, 0.1) is 12.3 Å². The van der Waals surface area contributed by atoms with Gasteiger partial charge in [0, 0.05) is 42.0 Å². The summed E-state index contributed by atoms with van der Waals surface area (Å²) in [6.45, 7) is 7.68. The van der Waals surface area contributed by atoms with Crippen LogP contribution >= 0.6 is 11.3 Å². The topological polar surface area (TPSA) is 37.6 Å². The zero-order valence-corrected chi connectivity index (χ0v) is 14.9. The van der Waals surface area contributed by atoms with Crippen molar-refractivity contribution < 1.29 is 4.79 Å². The molecule has 2 aromatic rings. The van der Waals surface area contributed by atoms with Crippen LogP contribution in [0.15, 0.2) is 35.5 Å². The molecule has 0 aliphatic rings. The largest absolute Gasteiger partial charge is 0.378 e. The van der Waals surface area contributed by atoms with Crippen molar-refractivity contribution >= 4 is 22.9 Å². The molecule has 0 saturated heterocycles. The molecule has 22 heavy (non-hydrogen) atoms. The van der Waals surface area contributed by atoms with Crippen molar-refractivity contribution in [3.8, 4) is 5.69 Å². The van der Waals surface area contributed by atoms with Crippen LogP contribution in [0.1, 0.15) is 25.6 Å². The van der Waals surface area contributed by atoms with Crippen molar-refractivity contribution in [2.45, 2.75) is 27.7 Å². The Balaban J connectivity index is 2.56. The van der Waals surface area contributed by atoms with Crippen LogP contribution in [0.2, 0.25) is 0 Å². The summed E-state index contributed by atoms with van der Waals surface area (Å²) in [4.78, 5) is 20.4. The van der Waals surface area contributed by atoms with Crippen LogP contribution in [0.25, 0.3) is 5.69 Å². The lowest BCUT2D eigenvalue weighted by molar-refractivity contribution is -0.125. The molecular weight excluding hydrogens is 294 g/mol. The van der Waals surface area contributed by atoms with Crippen LogP contribution in [-0.4, -0.2) is 24.6 Å². The van der Waals surface area contributed by atoms with Crippen molar-refractivity contribution in [2.24, 2.45) is 10.4 Å². The Morgan fingerprint density at radius 3 is 2.55 bits per heavy atom. The number of carbonyl (C=O) groups is 1. The minimum Gasteiger partial charge on any atom is -0.378 e. The fourth-order valence-electron chi connectivity index (χ4n) is 1.89. The van der Waals surface area contributed by atoms with Gasteiger partial charge < -0.3 is 4.90 Å². The lowest BCUT2D eigenvalue weighted by Crippen LogP contribution is -2.23. The van der Waals surface area contributed by atoms with Gasteiger partial charge in [-0.15, -0.1) is 11.3 Å². The Kier molecular flexibility index (Phi) is 4.56. The number of aromatic nitrogens is 1. The third-order valence-corrected chi connectivity index (χ3v) is 4.13. The van der Waals surface area contributed by atoms with Gasteiger partial charge in [-0.05, 0) is 25.1 Å². The SMILES string of the molecule is Cc1cn(-c2cccc(N(C)C)c2)c(=NC(=O)C(C)(C)C)s1. The van der Waals surface area contributed by atoms with Crippen LogP contribution < -0.4 is 9.70 Å². The van der Waals surface area contributed by atoms with Gasteiger partial charge in [0.1, 0.15) is 0 Å². The molecule has 0 unspecified atom stereocenters. The number of anilines is 1. The maximum Gasteiger partial charge on any atom is 0.253 e. The number of carbonyl (C=O) groups excluding carboxylic acids is 1. The maximum absolute atomic E-state index is 12.2. The highest BCUT2D eigenvalue weighted by Gasteiger charge is 2.21. The van der Waals surface area contributed by atoms with Gasteiger partial charge in [-0.25, -0.2) is 0 Å². The van der Waals surface area contributed by atoms with Crippen molar-refractivity contribution in [2.75, 3.05) is 19.0 Å². The Hall–Kier alpha value is -1.88. The quantitative estimate of drug-likeness (QED) is 0.851. The number of amides is 1. The zero-order valence-electron chi connectivity index (χ0n) is 14.0. The molecule has 4 nitrogen and oxygen atoms in total. The number of hydrogen-bond acceptors (Lipinski definition) is 3. The standard InChI is InChI=1S/C17H23N3OS/c1-12-11-20(14-9-7-8-13(10-14)19(5)6)16(22-12)18-15(21)17(2,3)4/h7-11H,1-6H3. The first-order valence-electron chi connectivity index (χ1n) is 7.24. The summed E-state index contributed by atoms with van der Waals surface area (Å²) in [6, 6.07) is 8.19. The van der Waals surface area contributed by atoms with Crippen molar-refractivity contribution in [3.05, 3.63) is 40.1 Å². The summed E-state index contributed by atoms with van der Waals surface area (Å²) in [7, 11) is 4.02. The Bertz CT molecular complexity index is 748. The molecule has 5 heteroatoms. The molecule has 0 fully saturated rings. The molecule has 0 N–H and O–H groups in total. The second kappa shape index (κ2) is 6.08. The highest BCUT2D eigenvalue weighted by molar-refractivity contribution is 7.09. The Morgan fingerprint density at radius 1 is 1.27 bits per heavy atom. The van der Waals surface area contributed by atoms with Crippen molar-refractivity contribution in [1.29, 1.82) is 0 Å². The van der Waals surface area contributed by atoms with Gasteiger partial charge in [-0.3, -0.25) is 9.36 Å². The van der Waals surface area contributed by atoms with Gasteiger partial charge in [-0.1, -0.05) is 26.8 Å². The van der Waals surface area contributed by atoms with E-state index in [1.54, 1.807) is 0 Å². The number of thiazole rings is 1. The van der Waals surface area contributed by atoms with Gasteiger partial charge in [-0.2, -0.15) is 4.99 Å². The number of hydrogen-bond donors (Lipinski definition) is 0. The fraction of sp³-hybridized carbons (Fsp3) is 0.412. The molecule has 0 saturated carbocycles. The van der Waals surface area contributed by atoms with Crippen LogP contribution in [0.5, 0.6) is 0 Å². The predicted octanol–water partition coefficient (Wildman–Crippen LogP) is 3.39. The summed E-state index contributed by atoms with van der Waals surface area (Å²) in [6.07, 6.45) is 2.02. The molecule has 0 aliphatic carbocycles. The second-order valence-electron chi connectivity index (χ2n) is 6.58. The Morgan fingerprint density at radius 2 is 1.95 bits per heavy atom. The van der Waals surface area contributed by atoms with E-state index in [4.69, 9.17) is 0 Å². The fourth-order valence-corrected chi connectivity index (χ4v) is 2.72. The molecule has 0 radical (unpaired) electrons. The van der Waals surface area contributed by atoms with E-state index < -0.39 is 5.41 Å². The molecular formula is C17H23N3OS.